The fraction of sp³-hybridized carbons (Fsp3) is 0.750. The van der Waals surface area contributed by atoms with E-state index < -0.39 is 7.67 Å². The summed E-state index contributed by atoms with van der Waals surface area (Å²) < 4.78 is 14.7. The Morgan fingerprint density at radius 3 is 2.50 bits per heavy atom. The fourth-order valence-corrected chi connectivity index (χ4v) is 0.465. The zero-order valence-corrected chi connectivity index (χ0v) is 6.97. The van der Waals surface area contributed by atoms with E-state index in [-0.39, 0.29) is 0 Å². The lowest BCUT2D eigenvalue weighted by molar-refractivity contribution is 0.333. The summed E-state index contributed by atoms with van der Waals surface area (Å²) in [5, 5.41) is 3.42. The smallest absolute Gasteiger partial charge is 0.312 e. The van der Waals surface area contributed by atoms with Gasteiger partial charge in [-0.3, -0.25) is 0 Å². The van der Waals surface area contributed by atoms with Crippen molar-refractivity contribution in [3.05, 3.63) is 0 Å². The third-order valence-corrected chi connectivity index (χ3v) is 1.17. The van der Waals surface area contributed by atoms with E-state index in [1.54, 1.807) is 6.92 Å². The summed E-state index contributed by atoms with van der Waals surface area (Å²) in [5.41, 5.74) is 10.4. The number of hydrogen-bond acceptors (Lipinski definition) is 3. The van der Waals surface area contributed by atoms with Gasteiger partial charge in [0, 0.05) is 0 Å². The summed E-state index contributed by atoms with van der Waals surface area (Å²) in [7, 11) is -3.42. The van der Waals surface area contributed by atoms with Crippen molar-refractivity contribution in [3.8, 4) is 0 Å². The van der Waals surface area contributed by atoms with E-state index in [9.17, 15) is 4.57 Å². The maximum absolute atomic E-state index is 10.5. The Balaban J connectivity index is 3.85. The van der Waals surface area contributed by atoms with Crippen LogP contribution in [0.15, 0.2) is 5.16 Å². The highest BCUT2D eigenvalue weighted by Crippen LogP contribution is 2.26. The third-order valence-electron chi connectivity index (χ3n) is 0.836. The second-order valence-electron chi connectivity index (χ2n) is 1.91. The molecule has 5 nitrogen and oxygen atoms in total. The molecule has 0 aromatic rings. The van der Waals surface area contributed by atoms with Crippen molar-refractivity contribution < 1.29 is 9.19 Å². The van der Waals surface area contributed by atoms with Crippen molar-refractivity contribution in [1.29, 1.82) is 0 Å². The molecule has 4 N–H and O–H groups in total. The molecule has 0 aromatic heterocycles. The van der Waals surface area contributed by atoms with Crippen LogP contribution in [0.25, 0.3) is 0 Å². The van der Waals surface area contributed by atoms with Crippen LogP contribution in [0.5, 0.6) is 0 Å². The van der Waals surface area contributed by atoms with Gasteiger partial charge in [-0.05, 0) is 13.3 Å². The minimum absolute atomic E-state index is 0.705. The summed E-state index contributed by atoms with van der Waals surface area (Å²) in [6, 6.07) is 0. The molecular formula is C4H12N3O2P. The predicted octanol–water partition coefficient (Wildman–Crippen LogP) is 0.814. The minimum Gasteiger partial charge on any atom is -0.312 e. The van der Waals surface area contributed by atoms with Gasteiger partial charge in [0.15, 0.2) is 0 Å². The van der Waals surface area contributed by atoms with Gasteiger partial charge in [0.25, 0.3) is 0 Å². The lowest BCUT2D eigenvalue weighted by Gasteiger charge is -2.02. The lowest BCUT2D eigenvalue weighted by Crippen LogP contribution is -2.06. The Kier molecular flexibility index (Phi) is 3.57. The van der Waals surface area contributed by atoms with Crippen molar-refractivity contribution in [1.82, 2.24) is 0 Å². The number of nitrogens with zero attached hydrogens (tertiary/aromatic N) is 1. The zero-order chi connectivity index (χ0) is 8.20. The largest absolute Gasteiger partial charge is 0.405 e. The monoisotopic (exact) mass is 165 g/mol. The molecule has 0 unspecified atom stereocenters. The average molecular weight is 165 g/mol. The molecule has 0 aliphatic heterocycles. The first-order valence-corrected chi connectivity index (χ1v) is 4.61. The van der Waals surface area contributed by atoms with Crippen molar-refractivity contribution in [2.75, 3.05) is 0 Å². The van der Waals surface area contributed by atoms with Crippen LogP contribution < -0.4 is 11.0 Å². The van der Waals surface area contributed by atoms with E-state index in [4.69, 9.17) is 11.0 Å². The standard InChI is InChI=1S/C4H12N3O2P/c1-3-4(2)7-9-10(5,6)8/h3H2,1-2H3,(H4,5,6,8)/b7-4+. The Morgan fingerprint density at radius 2 is 2.20 bits per heavy atom. The normalized spacial score (nSPS) is 13.4. The van der Waals surface area contributed by atoms with E-state index in [0.29, 0.717) is 5.71 Å². The summed E-state index contributed by atoms with van der Waals surface area (Å²) >= 11 is 0. The van der Waals surface area contributed by atoms with Crippen LogP contribution in [0.1, 0.15) is 20.3 Å². The summed E-state index contributed by atoms with van der Waals surface area (Å²) in [5.74, 6) is 0. The zero-order valence-electron chi connectivity index (χ0n) is 6.07. The molecule has 0 radical (unpaired) electrons. The van der Waals surface area contributed by atoms with Crippen LogP contribution in [0, 0.1) is 0 Å². The molecule has 0 saturated heterocycles. The number of hydrogen-bond donors (Lipinski definition) is 2. The molecule has 60 valence electrons. The van der Waals surface area contributed by atoms with Crippen LogP contribution in [0.2, 0.25) is 0 Å². The Bertz CT molecular complexity index is 173. The van der Waals surface area contributed by atoms with Gasteiger partial charge in [-0.25, -0.2) is 15.6 Å². The van der Waals surface area contributed by atoms with Gasteiger partial charge < -0.3 is 4.62 Å². The van der Waals surface area contributed by atoms with Crippen LogP contribution in [-0.4, -0.2) is 5.71 Å². The molecule has 0 saturated carbocycles. The van der Waals surface area contributed by atoms with Gasteiger partial charge in [-0.15, -0.1) is 0 Å². The first kappa shape index (κ1) is 9.62. The molecule has 0 spiro atoms. The fourth-order valence-electron chi connectivity index (χ4n) is 0.198. The van der Waals surface area contributed by atoms with Crippen molar-refractivity contribution in [3.63, 3.8) is 0 Å². The maximum atomic E-state index is 10.5. The highest BCUT2D eigenvalue weighted by molar-refractivity contribution is 7.53. The van der Waals surface area contributed by atoms with E-state index in [1.807, 2.05) is 6.92 Å². The van der Waals surface area contributed by atoms with Gasteiger partial charge in [-0.1, -0.05) is 12.1 Å². The topological polar surface area (TPSA) is 90.7 Å². The quantitative estimate of drug-likeness (QED) is 0.368. The molecule has 0 aliphatic carbocycles. The molecule has 0 bridgehead atoms. The molecule has 0 rings (SSSR count). The number of rotatable bonds is 3. The summed E-state index contributed by atoms with van der Waals surface area (Å²) in [4.78, 5) is 0. The minimum atomic E-state index is -3.42. The highest BCUT2D eigenvalue weighted by atomic mass is 31.2. The number of oxime groups is 1. The SMILES string of the molecule is CC/C(C)=N/OP(N)(N)=O. The molecular weight excluding hydrogens is 153 g/mol. The molecule has 0 atom stereocenters. The maximum Gasteiger partial charge on any atom is 0.405 e. The molecule has 0 heterocycles. The van der Waals surface area contributed by atoms with Crippen molar-refractivity contribution in [2.24, 2.45) is 16.2 Å². The molecule has 6 heteroatoms. The van der Waals surface area contributed by atoms with Gasteiger partial charge in [-0.2, -0.15) is 0 Å². The van der Waals surface area contributed by atoms with Crippen molar-refractivity contribution in [2.45, 2.75) is 20.3 Å². The van der Waals surface area contributed by atoms with Gasteiger partial charge >= 0.3 is 7.67 Å². The summed E-state index contributed by atoms with van der Waals surface area (Å²) in [6.07, 6.45) is 0.722. The van der Waals surface area contributed by atoms with E-state index in [2.05, 4.69) is 9.78 Å². The van der Waals surface area contributed by atoms with Crippen LogP contribution in [-0.2, 0) is 9.19 Å². The van der Waals surface area contributed by atoms with Crippen molar-refractivity contribution >= 4 is 13.4 Å². The Hall–Kier alpha value is -0.380. The van der Waals surface area contributed by atoms with Crippen LogP contribution in [0.3, 0.4) is 0 Å². The van der Waals surface area contributed by atoms with E-state index in [0.717, 1.165) is 6.42 Å². The second-order valence-corrected chi connectivity index (χ2v) is 3.36. The van der Waals surface area contributed by atoms with Gasteiger partial charge in [0.1, 0.15) is 0 Å². The average Bonchev–Trinajstić information content (AvgIpc) is 1.81. The molecule has 0 aromatic carbocycles. The van der Waals surface area contributed by atoms with E-state index >= 15 is 0 Å². The highest BCUT2D eigenvalue weighted by Gasteiger charge is 2.07. The van der Waals surface area contributed by atoms with Gasteiger partial charge in [0.2, 0.25) is 0 Å². The molecule has 0 aliphatic rings. The first-order chi connectivity index (χ1) is 4.45. The molecule has 0 fully saturated rings. The first-order valence-electron chi connectivity index (χ1n) is 2.85. The molecule has 0 amide bonds. The Labute approximate surface area is 60.0 Å². The number of nitrogens with two attached hydrogens (primary N) is 2. The van der Waals surface area contributed by atoms with E-state index in [1.165, 1.54) is 0 Å². The van der Waals surface area contributed by atoms with Gasteiger partial charge in [0.05, 0.1) is 5.71 Å². The second kappa shape index (κ2) is 3.71. The predicted molar refractivity (Wildman–Crippen MR) is 40.5 cm³/mol. The lowest BCUT2D eigenvalue weighted by atomic mass is 10.3. The van der Waals surface area contributed by atoms with Crippen LogP contribution in [0.4, 0.5) is 0 Å². The summed E-state index contributed by atoms with van der Waals surface area (Å²) in [6.45, 7) is 3.62. The third kappa shape index (κ3) is 5.75. The molecule has 10 heavy (non-hydrogen) atoms. The van der Waals surface area contributed by atoms with Crippen LogP contribution >= 0.6 is 7.67 Å². The Morgan fingerprint density at radius 1 is 1.70 bits per heavy atom.